The Labute approximate surface area is 108 Å². The maximum absolute atomic E-state index is 5.76. The Morgan fingerprint density at radius 1 is 1.26 bits per heavy atom. The van der Waals surface area contributed by atoms with Crippen molar-refractivity contribution in [1.29, 1.82) is 0 Å². The van der Waals surface area contributed by atoms with Crippen LogP contribution in [0.5, 0.6) is 0 Å². The second kappa shape index (κ2) is 3.34. The third-order valence-corrected chi connectivity index (χ3v) is 3.68. The molecule has 6 heteroatoms. The minimum atomic E-state index is 0.766. The van der Waals surface area contributed by atoms with Crippen molar-refractivity contribution in [2.24, 2.45) is 0 Å². The van der Waals surface area contributed by atoms with Gasteiger partial charge in [-0.15, -0.1) is 10.2 Å². The van der Waals surface area contributed by atoms with Gasteiger partial charge in [-0.3, -0.25) is 4.40 Å². The molecule has 0 unspecified atom stereocenters. The third kappa shape index (κ3) is 1.18. The molecule has 0 amide bonds. The molecule has 4 aromatic rings. The van der Waals surface area contributed by atoms with Gasteiger partial charge in [0, 0.05) is 18.1 Å². The largest absolute Gasteiger partial charge is 0.459 e. The standard InChI is InChI=1S/C13H13N5O/c1-4-11-15-16-13-9-5-10-12(7(2)8(3)19-10)17(9)6-14-18(11)13/h5-6H,4H2,1-3H3. The summed E-state index contributed by atoms with van der Waals surface area (Å²) in [6, 6.07) is 2.00. The molecule has 4 aromatic heterocycles. The van der Waals surface area contributed by atoms with Gasteiger partial charge in [-0.2, -0.15) is 9.61 Å². The minimum absolute atomic E-state index is 0.766. The Morgan fingerprint density at radius 3 is 2.89 bits per heavy atom. The highest BCUT2D eigenvalue weighted by Crippen LogP contribution is 2.29. The normalized spacial score (nSPS) is 12.2. The predicted octanol–water partition coefficient (Wildman–Crippen LogP) is 2.30. The van der Waals surface area contributed by atoms with E-state index in [2.05, 4.69) is 22.2 Å². The number of aromatic nitrogens is 5. The fourth-order valence-corrected chi connectivity index (χ4v) is 2.56. The number of hydrogen-bond donors (Lipinski definition) is 0. The van der Waals surface area contributed by atoms with Crippen molar-refractivity contribution in [2.75, 3.05) is 0 Å². The molecule has 0 bridgehead atoms. The van der Waals surface area contributed by atoms with Crippen molar-refractivity contribution in [3.05, 3.63) is 29.5 Å². The molecular formula is C13H13N5O. The lowest BCUT2D eigenvalue weighted by molar-refractivity contribution is 0.575. The molecule has 6 nitrogen and oxygen atoms in total. The molecule has 19 heavy (non-hydrogen) atoms. The Balaban J connectivity index is 2.23. The van der Waals surface area contributed by atoms with Gasteiger partial charge in [0.05, 0.1) is 11.0 Å². The molecule has 0 aliphatic heterocycles. The van der Waals surface area contributed by atoms with E-state index in [4.69, 9.17) is 4.42 Å². The van der Waals surface area contributed by atoms with Crippen LogP contribution in [0.3, 0.4) is 0 Å². The van der Waals surface area contributed by atoms with E-state index in [1.54, 1.807) is 10.8 Å². The molecular weight excluding hydrogens is 242 g/mol. The van der Waals surface area contributed by atoms with Crippen molar-refractivity contribution in [1.82, 2.24) is 24.2 Å². The van der Waals surface area contributed by atoms with E-state index in [9.17, 15) is 0 Å². The highest BCUT2D eigenvalue weighted by atomic mass is 16.3. The molecule has 4 heterocycles. The molecule has 0 spiro atoms. The Kier molecular flexibility index (Phi) is 1.86. The SMILES string of the molecule is CCc1nnc2c3cc4oc(C)c(C)c4n3cnn12. The fraction of sp³-hybridized carbons (Fsp3) is 0.308. The molecule has 0 aromatic carbocycles. The lowest BCUT2D eigenvalue weighted by Gasteiger charge is -1.99. The molecule has 0 saturated heterocycles. The summed E-state index contributed by atoms with van der Waals surface area (Å²) in [6.45, 7) is 6.07. The van der Waals surface area contributed by atoms with Gasteiger partial charge >= 0.3 is 0 Å². The van der Waals surface area contributed by atoms with E-state index in [0.29, 0.717) is 0 Å². The quantitative estimate of drug-likeness (QED) is 0.523. The summed E-state index contributed by atoms with van der Waals surface area (Å²) in [4.78, 5) is 0. The van der Waals surface area contributed by atoms with Crippen LogP contribution in [0.15, 0.2) is 16.8 Å². The number of furan rings is 1. The molecule has 0 aliphatic carbocycles. The van der Waals surface area contributed by atoms with Gasteiger partial charge < -0.3 is 4.42 Å². The molecule has 0 N–H and O–H groups in total. The first-order valence-corrected chi connectivity index (χ1v) is 6.30. The minimum Gasteiger partial charge on any atom is -0.459 e. The number of hydrogen-bond acceptors (Lipinski definition) is 4. The summed E-state index contributed by atoms with van der Waals surface area (Å²) in [6.07, 6.45) is 2.61. The molecule has 0 aliphatic rings. The van der Waals surface area contributed by atoms with Crippen LogP contribution >= 0.6 is 0 Å². The van der Waals surface area contributed by atoms with Crippen LogP contribution in [0.1, 0.15) is 24.1 Å². The smallest absolute Gasteiger partial charge is 0.202 e. The van der Waals surface area contributed by atoms with Crippen LogP contribution < -0.4 is 0 Å². The molecule has 0 fully saturated rings. The molecule has 0 saturated carbocycles. The Hall–Kier alpha value is -2.37. The number of rotatable bonds is 1. The second-order valence-electron chi connectivity index (χ2n) is 4.73. The van der Waals surface area contributed by atoms with Crippen molar-refractivity contribution in [2.45, 2.75) is 27.2 Å². The van der Waals surface area contributed by atoms with Crippen LogP contribution in [0.4, 0.5) is 0 Å². The van der Waals surface area contributed by atoms with E-state index in [-0.39, 0.29) is 0 Å². The zero-order valence-electron chi connectivity index (χ0n) is 11.0. The average molecular weight is 255 g/mol. The zero-order valence-corrected chi connectivity index (χ0v) is 11.0. The summed E-state index contributed by atoms with van der Waals surface area (Å²) < 4.78 is 9.57. The first kappa shape index (κ1) is 10.5. The van der Waals surface area contributed by atoms with Crippen LogP contribution in [0.25, 0.3) is 22.3 Å². The van der Waals surface area contributed by atoms with Gasteiger partial charge in [0.1, 0.15) is 12.1 Å². The first-order chi connectivity index (χ1) is 9.20. The highest BCUT2D eigenvalue weighted by molar-refractivity contribution is 5.90. The van der Waals surface area contributed by atoms with E-state index in [1.807, 2.05) is 24.3 Å². The van der Waals surface area contributed by atoms with Crippen LogP contribution in [0.2, 0.25) is 0 Å². The van der Waals surface area contributed by atoms with Gasteiger partial charge in [0.15, 0.2) is 11.4 Å². The second-order valence-corrected chi connectivity index (χ2v) is 4.73. The van der Waals surface area contributed by atoms with Crippen molar-refractivity contribution in [3.8, 4) is 0 Å². The molecule has 0 radical (unpaired) electrons. The van der Waals surface area contributed by atoms with Crippen molar-refractivity contribution >= 4 is 22.3 Å². The maximum atomic E-state index is 5.76. The summed E-state index contributed by atoms with van der Waals surface area (Å²) in [5, 5.41) is 12.8. The number of fused-ring (bicyclic) bond motifs is 5. The fourth-order valence-electron chi connectivity index (χ4n) is 2.56. The first-order valence-electron chi connectivity index (χ1n) is 6.30. The summed E-state index contributed by atoms with van der Waals surface area (Å²) in [5.41, 5.74) is 4.80. The number of aryl methyl sites for hydroxylation is 3. The number of nitrogens with zero attached hydrogens (tertiary/aromatic N) is 5. The van der Waals surface area contributed by atoms with Crippen molar-refractivity contribution in [3.63, 3.8) is 0 Å². The van der Waals surface area contributed by atoms with Crippen LogP contribution in [-0.4, -0.2) is 24.2 Å². The van der Waals surface area contributed by atoms with Crippen molar-refractivity contribution < 1.29 is 4.42 Å². The molecule has 0 atom stereocenters. The summed E-state index contributed by atoms with van der Waals surface area (Å²) >= 11 is 0. The maximum Gasteiger partial charge on any atom is 0.202 e. The lowest BCUT2D eigenvalue weighted by atomic mass is 10.3. The van der Waals surface area contributed by atoms with Gasteiger partial charge in [0.2, 0.25) is 5.65 Å². The Bertz CT molecular complexity index is 927. The highest BCUT2D eigenvalue weighted by Gasteiger charge is 2.16. The molecule has 4 rings (SSSR count). The van der Waals surface area contributed by atoms with Gasteiger partial charge in [-0.1, -0.05) is 6.92 Å². The van der Waals surface area contributed by atoms with E-state index < -0.39 is 0 Å². The van der Waals surface area contributed by atoms with Gasteiger partial charge in [-0.25, -0.2) is 0 Å². The van der Waals surface area contributed by atoms with E-state index >= 15 is 0 Å². The van der Waals surface area contributed by atoms with Crippen LogP contribution in [0, 0.1) is 13.8 Å². The summed E-state index contributed by atoms with van der Waals surface area (Å²) in [5.74, 6) is 1.80. The summed E-state index contributed by atoms with van der Waals surface area (Å²) in [7, 11) is 0. The van der Waals surface area contributed by atoms with E-state index in [1.165, 1.54) is 0 Å². The monoisotopic (exact) mass is 255 g/mol. The van der Waals surface area contributed by atoms with E-state index in [0.717, 1.165) is 45.8 Å². The predicted molar refractivity (Wildman–Crippen MR) is 70.4 cm³/mol. The zero-order chi connectivity index (χ0) is 13.1. The Morgan fingerprint density at radius 2 is 2.11 bits per heavy atom. The molecule has 96 valence electrons. The third-order valence-electron chi connectivity index (χ3n) is 3.68. The topological polar surface area (TPSA) is 60.6 Å². The van der Waals surface area contributed by atoms with Gasteiger partial charge in [0.25, 0.3) is 0 Å². The lowest BCUT2D eigenvalue weighted by Crippen LogP contribution is -2.00. The van der Waals surface area contributed by atoms with Crippen LogP contribution in [-0.2, 0) is 6.42 Å². The average Bonchev–Trinajstić information content (AvgIpc) is 3.03. The van der Waals surface area contributed by atoms with Gasteiger partial charge in [-0.05, 0) is 13.8 Å².